The van der Waals surface area contributed by atoms with Crippen molar-refractivity contribution < 1.29 is 9.64 Å². The summed E-state index contributed by atoms with van der Waals surface area (Å²) in [6.45, 7) is 7.81. The highest BCUT2D eigenvalue weighted by molar-refractivity contribution is 7.80. The van der Waals surface area contributed by atoms with Crippen LogP contribution in [0.2, 0.25) is 0 Å². The second-order valence-electron chi connectivity index (χ2n) is 4.75. The molecule has 0 radical (unpaired) electrons. The summed E-state index contributed by atoms with van der Waals surface area (Å²) in [7, 11) is 1.67. The molecule has 19 heavy (non-hydrogen) atoms. The van der Waals surface area contributed by atoms with Crippen molar-refractivity contribution in [3.63, 3.8) is 0 Å². The van der Waals surface area contributed by atoms with Crippen molar-refractivity contribution in [1.29, 1.82) is 0 Å². The van der Waals surface area contributed by atoms with Gasteiger partial charge in [-0.25, -0.2) is 0 Å². The third kappa shape index (κ3) is 3.81. The standard InChI is InChI=1S/C14H21N3OS/c1-3-16-7-9-17(10-8-16)14(19)15-12-5-4-6-13(11-12)18-2/h4-6,11H,3,7-10H2,1-2H3,(H,15,19)/p+1. The van der Waals surface area contributed by atoms with Crippen LogP contribution < -0.4 is 15.0 Å². The van der Waals surface area contributed by atoms with Gasteiger partial charge in [0.25, 0.3) is 0 Å². The maximum atomic E-state index is 5.48. The van der Waals surface area contributed by atoms with Crippen LogP contribution in [0.15, 0.2) is 24.3 Å². The number of hydrogen-bond donors (Lipinski definition) is 2. The van der Waals surface area contributed by atoms with Crippen LogP contribution in [0.1, 0.15) is 6.92 Å². The second kappa shape index (κ2) is 6.73. The zero-order valence-corrected chi connectivity index (χ0v) is 12.4. The zero-order chi connectivity index (χ0) is 13.7. The molecule has 1 aromatic rings. The van der Waals surface area contributed by atoms with Crippen molar-refractivity contribution in [2.24, 2.45) is 0 Å². The number of hydrogen-bond acceptors (Lipinski definition) is 2. The van der Waals surface area contributed by atoms with Gasteiger partial charge in [-0.05, 0) is 31.3 Å². The Morgan fingerprint density at radius 2 is 2.16 bits per heavy atom. The van der Waals surface area contributed by atoms with Gasteiger partial charge < -0.3 is 19.9 Å². The third-order valence-corrected chi connectivity index (χ3v) is 3.94. The summed E-state index contributed by atoms with van der Waals surface area (Å²) < 4.78 is 5.21. The number of piperazine rings is 1. The number of nitrogens with one attached hydrogen (secondary N) is 2. The Morgan fingerprint density at radius 3 is 2.79 bits per heavy atom. The summed E-state index contributed by atoms with van der Waals surface area (Å²) in [6, 6.07) is 7.85. The molecule has 1 heterocycles. The molecule has 0 aliphatic carbocycles. The van der Waals surface area contributed by atoms with Gasteiger partial charge in [0.2, 0.25) is 0 Å². The van der Waals surface area contributed by atoms with Gasteiger partial charge in [-0.3, -0.25) is 0 Å². The van der Waals surface area contributed by atoms with Crippen molar-refractivity contribution in [2.45, 2.75) is 6.92 Å². The molecule has 0 amide bonds. The first kappa shape index (κ1) is 14.1. The van der Waals surface area contributed by atoms with Gasteiger partial charge in [0.15, 0.2) is 5.11 Å². The predicted octanol–water partition coefficient (Wildman–Crippen LogP) is 0.612. The van der Waals surface area contributed by atoms with Gasteiger partial charge >= 0.3 is 0 Å². The molecule has 1 saturated heterocycles. The van der Waals surface area contributed by atoms with E-state index in [1.54, 1.807) is 12.0 Å². The van der Waals surface area contributed by atoms with E-state index in [-0.39, 0.29) is 0 Å². The van der Waals surface area contributed by atoms with Crippen molar-refractivity contribution in [3.8, 4) is 5.75 Å². The second-order valence-corrected chi connectivity index (χ2v) is 5.14. The molecule has 1 aromatic carbocycles. The van der Waals surface area contributed by atoms with E-state index >= 15 is 0 Å². The molecule has 0 atom stereocenters. The molecule has 0 unspecified atom stereocenters. The Kier molecular flexibility index (Phi) is 4.99. The normalized spacial score (nSPS) is 16.2. The van der Waals surface area contributed by atoms with E-state index in [0.29, 0.717) is 0 Å². The number of rotatable bonds is 3. The van der Waals surface area contributed by atoms with Crippen LogP contribution in [0.25, 0.3) is 0 Å². The van der Waals surface area contributed by atoms with Crippen molar-refractivity contribution in [3.05, 3.63) is 24.3 Å². The summed E-state index contributed by atoms with van der Waals surface area (Å²) >= 11 is 5.48. The lowest BCUT2D eigenvalue weighted by Gasteiger charge is -2.33. The largest absolute Gasteiger partial charge is 0.497 e. The molecule has 0 spiro atoms. The van der Waals surface area contributed by atoms with Crippen molar-refractivity contribution in [1.82, 2.24) is 4.90 Å². The number of anilines is 1. The minimum Gasteiger partial charge on any atom is -0.497 e. The fourth-order valence-electron chi connectivity index (χ4n) is 2.28. The monoisotopic (exact) mass is 280 g/mol. The third-order valence-electron chi connectivity index (χ3n) is 3.58. The van der Waals surface area contributed by atoms with Crippen LogP contribution >= 0.6 is 12.2 Å². The van der Waals surface area contributed by atoms with E-state index in [9.17, 15) is 0 Å². The summed E-state index contributed by atoms with van der Waals surface area (Å²) in [5.74, 6) is 0.841. The molecule has 0 bridgehead atoms. The smallest absolute Gasteiger partial charge is 0.173 e. The highest BCUT2D eigenvalue weighted by Gasteiger charge is 2.20. The molecule has 4 nitrogen and oxygen atoms in total. The molecule has 1 aliphatic rings. The molecule has 0 aromatic heterocycles. The Hall–Kier alpha value is -1.33. The maximum absolute atomic E-state index is 5.48. The van der Waals surface area contributed by atoms with Gasteiger partial charge in [0.05, 0.1) is 39.8 Å². The van der Waals surface area contributed by atoms with Crippen molar-refractivity contribution in [2.75, 3.05) is 45.2 Å². The lowest BCUT2D eigenvalue weighted by Crippen LogP contribution is -3.14. The maximum Gasteiger partial charge on any atom is 0.173 e. The van der Waals surface area contributed by atoms with E-state index in [1.165, 1.54) is 6.54 Å². The Morgan fingerprint density at radius 1 is 1.42 bits per heavy atom. The van der Waals surface area contributed by atoms with E-state index in [1.807, 2.05) is 24.3 Å². The SMILES string of the molecule is CC[NH+]1CCN(C(=S)Nc2cccc(OC)c2)CC1. The lowest BCUT2D eigenvalue weighted by molar-refractivity contribution is -0.902. The molecule has 5 heteroatoms. The number of likely N-dealkylation sites (N-methyl/N-ethyl adjacent to an activating group) is 1. The molecule has 2 rings (SSSR count). The Labute approximate surface area is 120 Å². The number of thiocarbonyl (C=S) groups is 1. The molecule has 1 aliphatic heterocycles. The first-order chi connectivity index (χ1) is 9.22. The number of quaternary nitrogens is 1. The van der Waals surface area contributed by atoms with Gasteiger partial charge in [0, 0.05) is 11.8 Å². The molecule has 2 N–H and O–H groups in total. The molecule has 0 saturated carbocycles. The van der Waals surface area contributed by atoms with Crippen LogP contribution in [-0.4, -0.2) is 49.8 Å². The summed E-state index contributed by atoms with van der Waals surface area (Å²) in [5, 5.41) is 4.10. The minimum absolute atomic E-state index is 0.809. The zero-order valence-electron chi connectivity index (χ0n) is 11.6. The van der Waals surface area contributed by atoms with Crippen LogP contribution in [-0.2, 0) is 0 Å². The van der Waals surface area contributed by atoms with E-state index in [0.717, 1.165) is 42.7 Å². The number of ether oxygens (including phenoxy) is 1. The van der Waals surface area contributed by atoms with E-state index in [4.69, 9.17) is 17.0 Å². The summed E-state index contributed by atoms with van der Waals surface area (Å²) in [4.78, 5) is 3.90. The van der Waals surface area contributed by atoms with Crippen LogP contribution in [0.3, 0.4) is 0 Å². The average molecular weight is 280 g/mol. The summed E-state index contributed by atoms with van der Waals surface area (Å²) in [5.41, 5.74) is 0.981. The van der Waals surface area contributed by atoms with Gasteiger partial charge in [-0.1, -0.05) is 6.07 Å². The fraction of sp³-hybridized carbons (Fsp3) is 0.500. The lowest BCUT2D eigenvalue weighted by atomic mass is 10.3. The van der Waals surface area contributed by atoms with Gasteiger partial charge in [0.1, 0.15) is 5.75 Å². The quantitative estimate of drug-likeness (QED) is 0.794. The van der Waals surface area contributed by atoms with Gasteiger partial charge in [-0.15, -0.1) is 0 Å². The van der Waals surface area contributed by atoms with Crippen molar-refractivity contribution >= 4 is 23.0 Å². The first-order valence-electron chi connectivity index (χ1n) is 6.76. The topological polar surface area (TPSA) is 28.9 Å². The highest BCUT2D eigenvalue weighted by atomic mass is 32.1. The van der Waals surface area contributed by atoms with E-state index in [2.05, 4.69) is 17.1 Å². The van der Waals surface area contributed by atoms with Crippen LogP contribution in [0.4, 0.5) is 5.69 Å². The molecule has 104 valence electrons. The van der Waals surface area contributed by atoms with E-state index < -0.39 is 0 Å². The number of nitrogens with zero attached hydrogens (tertiary/aromatic N) is 1. The Balaban J connectivity index is 1.90. The molecular formula is C14H22N3OS+. The average Bonchev–Trinajstić information content (AvgIpc) is 2.47. The van der Waals surface area contributed by atoms with Gasteiger partial charge in [-0.2, -0.15) is 0 Å². The Bertz CT molecular complexity index is 430. The fourth-order valence-corrected chi connectivity index (χ4v) is 2.58. The molecule has 1 fully saturated rings. The number of methoxy groups -OCH3 is 1. The van der Waals surface area contributed by atoms with Crippen LogP contribution in [0, 0.1) is 0 Å². The minimum atomic E-state index is 0.809. The number of benzene rings is 1. The first-order valence-corrected chi connectivity index (χ1v) is 7.17. The summed E-state index contributed by atoms with van der Waals surface area (Å²) in [6.07, 6.45) is 0. The molecular weight excluding hydrogens is 258 g/mol. The predicted molar refractivity (Wildman–Crippen MR) is 82.0 cm³/mol. The van der Waals surface area contributed by atoms with Crippen LogP contribution in [0.5, 0.6) is 5.75 Å². The highest BCUT2D eigenvalue weighted by Crippen LogP contribution is 2.17.